The summed E-state index contributed by atoms with van der Waals surface area (Å²) in [4.78, 5) is 0. The molecule has 0 saturated carbocycles. The van der Waals surface area contributed by atoms with Crippen LogP contribution in [0.5, 0.6) is 0 Å². The second kappa shape index (κ2) is 8.45. The summed E-state index contributed by atoms with van der Waals surface area (Å²) in [7, 11) is 0. The fourth-order valence-electron chi connectivity index (χ4n) is 1.49. The Morgan fingerprint density at radius 3 is 2.18 bits per heavy atom. The molecule has 1 aromatic carbocycles. The highest BCUT2D eigenvalue weighted by Crippen LogP contribution is 2.19. The molecule has 0 atom stereocenters. The van der Waals surface area contributed by atoms with Gasteiger partial charge in [0.1, 0.15) is 0 Å². The minimum absolute atomic E-state index is 0.251. The Hall–Kier alpha value is -0.640. The molecule has 0 fully saturated rings. The summed E-state index contributed by atoms with van der Waals surface area (Å²) in [5.74, 6) is 0. The molecule has 0 spiro atoms. The topological polar surface area (TPSA) is 18.5 Å². The molecule has 3 heteroatoms. The molecular formula is C14H19BrO2. The van der Waals surface area contributed by atoms with Gasteiger partial charge in [-0.05, 0) is 19.4 Å². The van der Waals surface area contributed by atoms with Gasteiger partial charge in [-0.15, -0.1) is 0 Å². The van der Waals surface area contributed by atoms with E-state index in [1.54, 1.807) is 0 Å². The van der Waals surface area contributed by atoms with E-state index in [2.05, 4.69) is 40.2 Å². The first-order valence-corrected chi connectivity index (χ1v) is 6.99. The van der Waals surface area contributed by atoms with E-state index in [0.29, 0.717) is 13.2 Å². The Morgan fingerprint density at radius 2 is 1.71 bits per heavy atom. The molecule has 0 amide bonds. The molecule has 0 aliphatic heterocycles. The van der Waals surface area contributed by atoms with Crippen molar-refractivity contribution in [1.29, 1.82) is 0 Å². The lowest BCUT2D eigenvalue weighted by atomic mass is 10.1. The van der Waals surface area contributed by atoms with Crippen LogP contribution in [0.3, 0.4) is 0 Å². The first-order valence-electron chi connectivity index (χ1n) is 5.87. The normalized spacial score (nSPS) is 11.5. The fraction of sp³-hybridized carbons (Fsp3) is 0.429. The zero-order chi connectivity index (χ0) is 12.5. The van der Waals surface area contributed by atoms with Crippen LogP contribution in [-0.2, 0) is 9.47 Å². The molecular weight excluding hydrogens is 280 g/mol. The van der Waals surface area contributed by atoms with Crippen molar-refractivity contribution in [3.63, 3.8) is 0 Å². The maximum atomic E-state index is 5.54. The number of alkyl halides is 1. The number of rotatable bonds is 7. The van der Waals surface area contributed by atoms with Crippen molar-refractivity contribution >= 4 is 22.0 Å². The van der Waals surface area contributed by atoms with Gasteiger partial charge < -0.3 is 9.47 Å². The van der Waals surface area contributed by atoms with Crippen LogP contribution < -0.4 is 0 Å². The van der Waals surface area contributed by atoms with Crippen molar-refractivity contribution in [2.75, 3.05) is 18.5 Å². The number of hydrogen-bond acceptors (Lipinski definition) is 2. The Morgan fingerprint density at radius 1 is 1.12 bits per heavy atom. The van der Waals surface area contributed by atoms with Crippen LogP contribution in [-0.4, -0.2) is 18.5 Å². The quantitative estimate of drug-likeness (QED) is 0.556. The Balaban J connectivity index is 2.72. The average Bonchev–Trinajstić information content (AvgIpc) is 2.37. The number of allylic oxidation sites excluding steroid dienone is 1. The van der Waals surface area contributed by atoms with Gasteiger partial charge >= 0.3 is 0 Å². The van der Waals surface area contributed by atoms with Gasteiger partial charge in [0.05, 0.1) is 0 Å². The van der Waals surface area contributed by atoms with Gasteiger partial charge in [0.2, 0.25) is 0 Å². The zero-order valence-corrected chi connectivity index (χ0v) is 11.9. The molecule has 0 saturated heterocycles. The van der Waals surface area contributed by atoms with Gasteiger partial charge in [0, 0.05) is 24.1 Å². The predicted molar refractivity (Wildman–Crippen MR) is 75.3 cm³/mol. The molecule has 0 aromatic heterocycles. The zero-order valence-electron chi connectivity index (χ0n) is 10.4. The first kappa shape index (κ1) is 14.4. The molecule has 1 aromatic rings. The van der Waals surface area contributed by atoms with Crippen LogP contribution in [0.25, 0.3) is 6.08 Å². The summed E-state index contributed by atoms with van der Waals surface area (Å²) in [5, 5.41) is 0.870. The molecule has 0 unspecified atom stereocenters. The van der Waals surface area contributed by atoms with Crippen LogP contribution in [0, 0.1) is 0 Å². The molecule has 17 heavy (non-hydrogen) atoms. The SMILES string of the molecule is CCOC(OCC)c1ccc(C=CCBr)cc1. The maximum absolute atomic E-state index is 5.54. The van der Waals surface area contributed by atoms with E-state index in [9.17, 15) is 0 Å². The Kier molecular flexibility index (Phi) is 7.17. The smallest absolute Gasteiger partial charge is 0.183 e. The van der Waals surface area contributed by atoms with Crippen molar-refractivity contribution in [1.82, 2.24) is 0 Å². The summed E-state index contributed by atoms with van der Waals surface area (Å²) in [6.45, 7) is 5.24. The molecule has 0 radical (unpaired) electrons. The highest BCUT2D eigenvalue weighted by molar-refractivity contribution is 9.09. The lowest BCUT2D eigenvalue weighted by Crippen LogP contribution is -2.08. The number of ether oxygens (including phenoxy) is 2. The van der Waals surface area contributed by atoms with E-state index in [1.807, 2.05) is 26.0 Å². The second-order valence-corrected chi connectivity index (χ2v) is 4.11. The highest BCUT2D eigenvalue weighted by Gasteiger charge is 2.10. The van der Waals surface area contributed by atoms with Gasteiger partial charge in [-0.1, -0.05) is 52.3 Å². The fourth-order valence-corrected chi connectivity index (χ4v) is 1.68. The molecule has 0 aliphatic rings. The monoisotopic (exact) mass is 298 g/mol. The van der Waals surface area contributed by atoms with Crippen molar-refractivity contribution < 1.29 is 9.47 Å². The average molecular weight is 299 g/mol. The van der Waals surface area contributed by atoms with E-state index in [-0.39, 0.29) is 6.29 Å². The van der Waals surface area contributed by atoms with Crippen LogP contribution >= 0.6 is 15.9 Å². The Bertz CT molecular complexity index is 327. The third-order valence-electron chi connectivity index (χ3n) is 2.24. The van der Waals surface area contributed by atoms with Crippen LogP contribution in [0.4, 0.5) is 0 Å². The van der Waals surface area contributed by atoms with Crippen molar-refractivity contribution in [3.05, 3.63) is 41.5 Å². The summed E-state index contributed by atoms with van der Waals surface area (Å²) in [5.41, 5.74) is 2.24. The summed E-state index contributed by atoms with van der Waals surface area (Å²) >= 11 is 3.36. The van der Waals surface area contributed by atoms with E-state index < -0.39 is 0 Å². The standard InChI is InChI=1S/C14H19BrO2/c1-3-16-14(17-4-2)13-9-7-12(8-10-13)6-5-11-15/h5-10,14H,3-4,11H2,1-2H3. The molecule has 1 rings (SSSR count). The lowest BCUT2D eigenvalue weighted by Gasteiger charge is -2.17. The van der Waals surface area contributed by atoms with Crippen LogP contribution in [0.1, 0.15) is 31.3 Å². The van der Waals surface area contributed by atoms with E-state index >= 15 is 0 Å². The molecule has 94 valence electrons. The minimum Gasteiger partial charge on any atom is -0.349 e. The summed E-state index contributed by atoms with van der Waals surface area (Å²) < 4.78 is 11.1. The molecule has 0 N–H and O–H groups in total. The van der Waals surface area contributed by atoms with Gasteiger partial charge in [-0.2, -0.15) is 0 Å². The largest absolute Gasteiger partial charge is 0.349 e. The van der Waals surface area contributed by atoms with E-state index in [1.165, 1.54) is 5.56 Å². The lowest BCUT2D eigenvalue weighted by molar-refractivity contribution is -0.140. The van der Waals surface area contributed by atoms with E-state index in [4.69, 9.17) is 9.47 Å². The van der Waals surface area contributed by atoms with Crippen molar-refractivity contribution in [3.8, 4) is 0 Å². The third kappa shape index (κ3) is 5.02. The van der Waals surface area contributed by atoms with Crippen molar-refractivity contribution in [2.45, 2.75) is 20.1 Å². The second-order valence-electron chi connectivity index (χ2n) is 3.47. The molecule has 0 heterocycles. The van der Waals surface area contributed by atoms with Gasteiger partial charge in [0.15, 0.2) is 6.29 Å². The number of hydrogen-bond donors (Lipinski definition) is 0. The highest BCUT2D eigenvalue weighted by atomic mass is 79.9. The summed E-state index contributed by atoms with van der Waals surface area (Å²) in [6, 6.07) is 8.23. The number of halogens is 1. The summed E-state index contributed by atoms with van der Waals surface area (Å²) in [6.07, 6.45) is 3.89. The molecule has 2 nitrogen and oxygen atoms in total. The van der Waals surface area contributed by atoms with E-state index in [0.717, 1.165) is 10.9 Å². The molecule has 0 bridgehead atoms. The maximum Gasteiger partial charge on any atom is 0.183 e. The predicted octanol–water partition coefficient (Wildman–Crippen LogP) is 4.17. The Labute approximate surface area is 112 Å². The van der Waals surface area contributed by atoms with Gasteiger partial charge in [0.25, 0.3) is 0 Å². The molecule has 0 aliphatic carbocycles. The number of benzene rings is 1. The van der Waals surface area contributed by atoms with Crippen LogP contribution in [0.2, 0.25) is 0 Å². The first-order chi connectivity index (χ1) is 8.31. The van der Waals surface area contributed by atoms with Gasteiger partial charge in [-0.25, -0.2) is 0 Å². The van der Waals surface area contributed by atoms with Crippen LogP contribution in [0.15, 0.2) is 30.3 Å². The van der Waals surface area contributed by atoms with Crippen molar-refractivity contribution in [2.24, 2.45) is 0 Å². The van der Waals surface area contributed by atoms with Gasteiger partial charge in [-0.3, -0.25) is 0 Å². The minimum atomic E-state index is -0.251. The third-order valence-corrected chi connectivity index (χ3v) is 2.62.